The van der Waals surface area contributed by atoms with E-state index in [1.54, 1.807) is 22.3 Å². The molecule has 1 N–H and O–H groups in total. The van der Waals surface area contributed by atoms with Crippen molar-refractivity contribution in [1.82, 2.24) is 25.2 Å². The molecule has 0 aromatic carbocycles. The number of nitrogens with one attached hydrogen (secondary N) is 1. The minimum Gasteiger partial charge on any atom is -0.300 e. The third-order valence-corrected chi connectivity index (χ3v) is 5.78. The van der Waals surface area contributed by atoms with Crippen LogP contribution in [0.5, 0.6) is 0 Å². The van der Waals surface area contributed by atoms with E-state index in [0.717, 1.165) is 50.6 Å². The lowest BCUT2D eigenvalue weighted by molar-refractivity contribution is -0.126. The maximum absolute atomic E-state index is 13.0. The monoisotopic (exact) mass is 318 g/mol. The van der Waals surface area contributed by atoms with Gasteiger partial charge in [-0.15, -0.1) is 16.4 Å². The Bertz CT molecular complexity index is 652. The van der Waals surface area contributed by atoms with Crippen molar-refractivity contribution < 1.29 is 4.79 Å². The summed E-state index contributed by atoms with van der Waals surface area (Å²) >= 11 is 1.61. The summed E-state index contributed by atoms with van der Waals surface area (Å²) in [4.78, 5) is 18.8. The second-order valence-electron chi connectivity index (χ2n) is 6.04. The van der Waals surface area contributed by atoms with Gasteiger partial charge in [0, 0.05) is 4.88 Å². The molecule has 0 radical (unpaired) electrons. The van der Waals surface area contributed by atoms with Crippen molar-refractivity contribution in [2.75, 3.05) is 5.32 Å². The Morgan fingerprint density at radius 2 is 2.09 bits per heavy atom. The van der Waals surface area contributed by atoms with E-state index in [4.69, 9.17) is 0 Å². The van der Waals surface area contributed by atoms with E-state index in [2.05, 4.69) is 25.8 Å². The average molecular weight is 318 g/mol. The lowest BCUT2D eigenvalue weighted by Gasteiger charge is -2.34. The molecule has 7 nitrogen and oxygen atoms in total. The predicted octanol–water partition coefficient (Wildman–Crippen LogP) is 1.92. The van der Waals surface area contributed by atoms with Crippen LogP contribution in [0.3, 0.4) is 0 Å². The molecule has 0 bridgehead atoms. The summed E-state index contributed by atoms with van der Waals surface area (Å²) in [6, 6.07) is 0. The number of aromatic nitrogens is 5. The molecule has 116 valence electrons. The van der Waals surface area contributed by atoms with Gasteiger partial charge in [-0.3, -0.25) is 10.1 Å². The number of hydrogen-bond acceptors (Lipinski definition) is 6. The van der Waals surface area contributed by atoms with Crippen LogP contribution < -0.4 is 5.32 Å². The summed E-state index contributed by atoms with van der Waals surface area (Å²) in [6.45, 7) is 0. The van der Waals surface area contributed by atoms with Gasteiger partial charge < -0.3 is 0 Å². The summed E-state index contributed by atoms with van der Waals surface area (Å²) < 4.78 is 1.63. The van der Waals surface area contributed by atoms with Crippen molar-refractivity contribution in [3.63, 3.8) is 0 Å². The van der Waals surface area contributed by atoms with Gasteiger partial charge >= 0.3 is 0 Å². The number of carbonyl (C=O) groups is 1. The molecule has 2 heterocycles. The molecule has 2 aliphatic rings. The van der Waals surface area contributed by atoms with E-state index in [-0.39, 0.29) is 5.91 Å². The molecule has 0 unspecified atom stereocenters. The summed E-state index contributed by atoms with van der Waals surface area (Å²) in [5.41, 5.74) is 0.484. The Kier molecular flexibility index (Phi) is 3.40. The molecule has 2 aromatic heterocycles. The molecule has 0 saturated heterocycles. The van der Waals surface area contributed by atoms with E-state index >= 15 is 0 Å². The smallest absolute Gasteiger partial charge is 0.254 e. The van der Waals surface area contributed by atoms with E-state index in [9.17, 15) is 4.79 Å². The first-order valence-corrected chi connectivity index (χ1v) is 8.63. The Morgan fingerprint density at radius 1 is 1.23 bits per heavy atom. The fourth-order valence-corrected chi connectivity index (χ4v) is 4.56. The first-order chi connectivity index (χ1) is 10.8. The van der Waals surface area contributed by atoms with Crippen LogP contribution in [0.1, 0.15) is 49.1 Å². The fraction of sp³-hybridized carbons (Fsp3) is 0.643. The maximum Gasteiger partial charge on any atom is 0.254 e. The average Bonchev–Trinajstić information content (AvgIpc) is 3.24. The molecule has 22 heavy (non-hydrogen) atoms. The van der Waals surface area contributed by atoms with Crippen molar-refractivity contribution in [3.8, 4) is 0 Å². The molecule has 0 spiro atoms. The third-order valence-electron chi connectivity index (χ3n) is 4.71. The topological polar surface area (TPSA) is 85.6 Å². The highest BCUT2D eigenvalue weighted by Crippen LogP contribution is 2.36. The van der Waals surface area contributed by atoms with Crippen LogP contribution in [-0.2, 0) is 23.2 Å². The predicted molar refractivity (Wildman–Crippen MR) is 81.6 cm³/mol. The minimum atomic E-state index is -0.669. The second kappa shape index (κ2) is 5.42. The molecule has 4 rings (SSSR count). The fourth-order valence-electron chi connectivity index (χ4n) is 3.51. The number of rotatable bonds is 3. The molecule has 2 aromatic rings. The number of thiazole rings is 1. The zero-order valence-corrected chi connectivity index (χ0v) is 13.1. The number of amides is 1. The van der Waals surface area contributed by atoms with Gasteiger partial charge in [0.2, 0.25) is 0 Å². The van der Waals surface area contributed by atoms with Gasteiger partial charge in [0.05, 0.1) is 5.69 Å². The quantitative estimate of drug-likeness (QED) is 0.934. The highest BCUT2D eigenvalue weighted by atomic mass is 32.1. The largest absolute Gasteiger partial charge is 0.300 e. The molecule has 1 fully saturated rings. The zero-order valence-electron chi connectivity index (χ0n) is 12.3. The number of aryl methyl sites for hydroxylation is 2. The minimum absolute atomic E-state index is 0.0353. The molecule has 2 aliphatic carbocycles. The summed E-state index contributed by atoms with van der Waals surface area (Å²) in [5.74, 6) is -0.0353. The van der Waals surface area contributed by atoms with Crippen molar-refractivity contribution >= 4 is 22.4 Å². The van der Waals surface area contributed by atoms with E-state index in [1.165, 1.54) is 11.3 Å². The second-order valence-corrected chi connectivity index (χ2v) is 7.13. The Morgan fingerprint density at radius 3 is 2.82 bits per heavy atom. The van der Waals surface area contributed by atoms with Gasteiger partial charge in [-0.05, 0) is 42.5 Å². The molecule has 1 saturated carbocycles. The number of anilines is 1. The first kappa shape index (κ1) is 13.8. The normalized spacial score (nSPS) is 19.8. The van der Waals surface area contributed by atoms with Crippen LogP contribution in [0.2, 0.25) is 0 Å². The Balaban J connectivity index is 1.60. The number of nitrogens with zero attached hydrogens (tertiary/aromatic N) is 5. The van der Waals surface area contributed by atoms with E-state index < -0.39 is 5.54 Å². The van der Waals surface area contributed by atoms with Crippen molar-refractivity contribution in [2.24, 2.45) is 0 Å². The molecule has 1 amide bonds. The van der Waals surface area contributed by atoms with Crippen molar-refractivity contribution in [3.05, 3.63) is 16.9 Å². The summed E-state index contributed by atoms with van der Waals surface area (Å²) in [6.07, 6.45) is 9.57. The van der Waals surface area contributed by atoms with Crippen molar-refractivity contribution in [2.45, 2.75) is 56.9 Å². The molecule has 0 atom stereocenters. The van der Waals surface area contributed by atoms with Crippen LogP contribution in [0.25, 0.3) is 0 Å². The van der Waals surface area contributed by atoms with Crippen LogP contribution in [0.15, 0.2) is 6.33 Å². The summed E-state index contributed by atoms with van der Waals surface area (Å²) in [5, 5.41) is 15.2. The highest BCUT2D eigenvalue weighted by Gasteiger charge is 2.43. The van der Waals surface area contributed by atoms with Gasteiger partial charge in [-0.2, -0.15) is 0 Å². The van der Waals surface area contributed by atoms with Crippen LogP contribution >= 0.6 is 11.3 Å². The van der Waals surface area contributed by atoms with Gasteiger partial charge in [-0.25, -0.2) is 9.67 Å². The number of fused-ring (bicyclic) bond motifs is 1. The van der Waals surface area contributed by atoms with Crippen LogP contribution in [0, 0.1) is 0 Å². The zero-order chi connectivity index (χ0) is 15.0. The van der Waals surface area contributed by atoms with Gasteiger partial charge in [0.15, 0.2) is 5.13 Å². The van der Waals surface area contributed by atoms with Crippen LogP contribution in [-0.4, -0.2) is 31.1 Å². The molecular weight excluding hydrogens is 300 g/mol. The Hall–Kier alpha value is -1.83. The van der Waals surface area contributed by atoms with Gasteiger partial charge in [0.1, 0.15) is 11.9 Å². The lowest BCUT2D eigenvalue weighted by atomic mass is 9.81. The maximum atomic E-state index is 13.0. The van der Waals surface area contributed by atoms with E-state index in [1.807, 2.05) is 0 Å². The highest BCUT2D eigenvalue weighted by molar-refractivity contribution is 7.15. The summed E-state index contributed by atoms with van der Waals surface area (Å²) in [7, 11) is 0. The molecule has 8 heteroatoms. The third kappa shape index (κ3) is 2.22. The first-order valence-electron chi connectivity index (χ1n) is 7.81. The number of tetrazole rings is 1. The SMILES string of the molecule is O=C(Nc1nc2c(s1)CCC2)C1(n2cnnn2)CCCCC1. The van der Waals surface area contributed by atoms with E-state index in [0.29, 0.717) is 5.13 Å². The molecule has 0 aliphatic heterocycles. The standard InChI is InChI=1S/C14H18N6OS/c21-12(17-13-16-10-5-4-6-11(10)22-13)14(7-2-1-3-8-14)20-9-15-18-19-20/h9H,1-8H2,(H,16,17,21). The van der Waals surface area contributed by atoms with Gasteiger partial charge in [-0.1, -0.05) is 19.3 Å². The molecular formula is C14H18N6OS. The van der Waals surface area contributed by atoms with Crippen molar-refractivity contribution in [1.29, 1.82) is 0 Å². The number of carbonyl (C=O) groups excluding carboxylic acids is 1. The number of hydrogen-bond donors (Lipinski definition) is 1. The Labute approximate surface area is 132 Å². The van der Waals surface area contributed by atoms with Gasteiger partial charge in [0.25, 0.3) is 5.91 Å². The lowest BCUT2D eigenvalue weighted by Crippen LogP contribution is -2.47. The van der Waals surface area contributed by atoms with Crippen LogP contribution in [0.4, 0.5) is 5.13 Å².